The molecular weight excluding hydrogens is 252 g/mol. The Morgan fingerprint density at radius 1 is 1.50 bits per heavy atom. The van der Waals surface area contributed by atoms with Crippen LogP contribution in [0.1, 0.15) is 31.1 Å². The van der Waals surface area contributed by atoms with Crippen LogP contribution in [0.5, 0.6) is 0 Å². The number of carbonyl (C=O) groups is 1. The van der Waals surface area contributed by atoms with Gasteiger partial charge in [0.25, 0.3) is 5.91 Å². The molecule has 0 saturated carbocycles. The number of benzene rings is 1. The van der Waals surface area contributed by atoms with Crippen LogP contribution in [-0.4, -0.2) is 34.6 Å². The Kier molecular flexibility index (Phi) is 4.59. The van der Waals surface area contributed by atoms with Gasteiger partial charge in [-0.3, -0.25) is 4.79 Å². The monoisotopic (exact) mass is 270 g/mol. The number of anilines is 1. The average molecular weight is 271 g/mol. The largest absolute Gasteiger partial charge is 0.398 e. The minimum Gasteiger partial charge on any atom is -0.398 e. The highest BCUT2D eigenvalue weighted by Crippen LogP contribution is 2.20. The first-order valence-corrected chi connectivity index (χ1v) is 6.19. The molecule has 0 aliphatic rings. The SMILES string of the molecule is CCN(CC(C)(C)O)C(=O)c1ccc(Cl)c(N)c1. The second-order valence-corrected chi connectivity index (χ2v) is 5.28. The quantitative estimate of drug-likeness (QED) is 0.824. The zero-order chi connectivity index (χ0) is 13.9. The number of amides is 1. The fourth-order valence-electron chi connectivity index (χ4n) is 1.65. The molecule has 0 fully saturated rings. The summed E-state index contributed by atoms with van der Waals surface area (Å²) >= 11 is 5.82. The number of nitrogens with two attached hydrogens (primary N) is 1. The van der Waals surface area contributed by atoms with Gasteiger partial charge in [0, 0.05) is 18.7 Å². The second kappa shape index (κ2) is 5.59. The van der Waals surface area contributed by atoms with E-state index in [4.69, 9.17) is 17.3 Å². The van der Waals surface area contributed by atoms with Crippen molar-refractivity contribution in [3.63, 3.8) is 0 Å². The van der Waals surface area contributed by atoms with Gasteiger partial charge in [0.15, 0.2) is 0 Å². The fraction of sp³-hybridized carbons (Fsp3) is 0.462. The topological polar surface area (TPSA) is 66.6 Å². The Hall–Kier alpha value is -1.26. The van der Waals surface area contributed by atoms with Crippen molar-refractivity contribution >= 4 is 23.2 Å². The maximum Gasteiger partial charge on any atom is 0.254 e. The van der Waals surface area contributed by atoms with Crippen LogP contribution in [0.15, 0.2) is 18.2 Å². The number of carbonyl (C=O) groups excluding carboxylic acids is 1. The summed E-state index contributed by atoms with van der Waals surface area (Å²) in [4.78, 5) is 13.8. The standard InChI is InChI=1S/C13H19ClN2O2/c1-4-16(8-13(2,3)18)12(17)9-5-6-10(14)11(15)7-9/h5-7,18H,4,8,15H2,1-3H3. The molecule has 0 spiro atoms. The number of nitrogens with zero attached hydrogens (tertiary/aromatic N) is 1. The minimum atomic E-state index is -0.927. The molecule has 0 aliphatic heterocycles. The second-order valence-electron chi connectivity index (χ2n) is 4.87. The Labute approximate surface area is 112 Å². The average Bonchev–Trinajstić information content (AvgIpc) is 2.27. The van der Waals surface area contributed by atoms with Gasteiger partial charge in [0.2, 0.25) is 0 Å². The summed E-state index contributed by atoms with van der Waals surface area (Å²) in [6.45, 7) is 5.98. The third kappa shape index (κ3) is 3.89. The number of halogens is 1. The first kappa shape index (κ1) is 14.8. The Bertz CT molecular complexity index is 441. The first-order valence-electron chi connectivity index (χ1n) is 5.81. The van der Waals surface area contributed by atoms with Crippen molar-refractivity contribution in [1.82, 2.24) is 4.90 Å². The molecule has 3 N–H and O–H groups in total. The lowest BCUT2D eigenvalue weighted by atomic mass is 10.1. The number of likely N-dealkylation sites (N-methyl/N-ethyl adjacent to an activating group) is 1. The van der Waals surface area contributed by atoms with Crippen LogP contribution in [-0.2, 0) is 0 Å². The van der Waals surface area contributed by atoms with Gasteiger partial charge in [-0.2, -0.15) is 0 Å². The molecule has 5 heteroatoms. The molecule has 0 bridgehead atoms. The number of rotatable bonds is 4. The molecular formula is C13H19ClN2O2. The molecule has 0 radical (unpaired) electrons. The number of hydrogen-bond donors (Lipinski definition) is 2. The summed E-state index contributed by atoms with van der Waals surface area (Å²) in [7, 11) is 0. The highest BCUT2D eigenvalue weighted by molar-refractivity contribution is 6.33. The van der Waals surface area contributed by atoms with Gasteiger partial charge in [-0.15, -0.1) is 0 Å². The van der Waals surface area contributed by atoms with Crippen molar-refractivity contribution in [3.05, 3.63) is 28.8 Å². The van der Waals surface area contributed by atoms with E-state index in [2.05, 4.69) is 0 Å². The third-order valence-electron chi connectivity index (χ3n) is 2.49. The van der Waals surface area contributed by atoms with E-state index < -0.39 is 5.60 Å². The van der Waals surface area contributed by atoms with Gasteiger partial charge >= 0.3 is 0 Å². The molecule has 0 aromatic heterocycles. The molecule has 18 heavy (non-hydrogen) atoms. The van der Waals surface area contributed by atoms with Crippen LogP contribution < -0.4 is 5.73 Å². The molecule has 0 heterocycles. The van der Waals surface area contributed by atoms with E-state index in [-0.39, 0.29) is 12.5 Å². The van der Waals surface area contributed by atoms with Gasteiger partial charge < -0.3 is 15.7 Å². The molecule has 0 atom stereocenters. The van der Waals surface area contributed by atoms with E-state index >= 15 is 0 Å². The molecule has 0 unspecified atom stereocenters. The third-order valence-corrected chi connectivity index (χ3v) is 2.83. The van der Waals surface area contributed by atoms with E-state index in [0.29, 0.717) is 22.8 Å². The Morgan fingerprint density at radius 2 is 2.11 bits per heavy atom. The molecule has 1 rings (SSSR count). The summed E-state index contributed by atoms with van der Waals surface area (Å²) in [6, 6.07) is 4.79. The summed E-state index contributed by atoms with van der Waals surface area (Å²) in [5.74, 6) is -0.164. The minimum absolute atomic E-state index is 0.164. The smallest absolute Gasteiger partial charge is 0.254 e. The van der Waals surface area contributed by atoms with Crippen molar-refractivity contribution in [2.24, 2.45) is 0 Å². The summed E-state index contributed by atoms with van der Waals surface area (Å²) in [5.41, 5.74) is 5.60. The zero-order valence-electron chi connectivity index (χ0n) is 10.9. The Balaban J connectivity index is 2.93. The Morgan fingerprint density at radius 3 is 2.56 bits per heavy atom. The van der Waals surface area contributed by atoms with Crippen molar-refractivity contribution in [1.29, 1.82) is 0 Å². The molecule has 1 aromatic rings. The van der Waals surface area contributed by atoms with Crippen molar-refractivity contribution < 1.29 is 9.90 Å². The molecule has 0 saturated heterocycles. The predicted molar refractivity (Wildman–Crippen MR) is 73.7 cm³/mol. The lowest BCUT2D eigenvalue weighted by molar-refractivity contribution is 0.0315. The number of aliphatic hydroxyl groups is 1. The number of hydrogen-bond acceptors (Lipinski definition) is 3. The lowest BCUT2D eigenvalue weighted by Crippen LogP contribution is -2.42. The van der Waals surface area contributed by atoms with Crippen molar-refractivity contribution in [3.8, 4) is 0 Å². The van der Waals surface area contributed by atoms with Crippen LogP contribution in [0.25, 0.3) is 0 Å². The van der Waals surface area contributed by atoms with Gasteiger partial charge in [-0.05, 0) is 39.0 Å². The molecule has 100 valence electrons. The van der Waals surface area contributed by atoms with Gasteiger partial charge in [0.05, 0.1) is 16.3 Å². The van der Waals surface area contributed by atoms with Crippen LogP contribution in [0.3, 0.4) is 0 Å². The van der Waals surface area contributed by atoms with Crippen LogP contribution in [0.2, 0.25) is 5.02 Å². The molecule has 0 aliphatic carbocycles. The van der Waals surface area contributed by atoms with Crippen LogP contribution in [0.4, 0.5) is 5.69 Å². The van der Waals surface area contributed by atoms with E-state index in [0.717, 1.165) is 0 Å². The number of nitrogen functional groups attached to an aromatic ring is 1. The molecule has 4 nitrogen and oxygen atoms in total. The summed E-state index contributed by atoms with van der Waals surface area (Å²) < 4.78 is 0. The maximum absolute atomic E-state index is 12.2. The van der Waals surface area contributed by atoms with Gasteiger partial charge in [0.1, 0.15) is 0 Å². The predicted octanol–water partition coefficient (Wildman–Crippen LogP) is 2.16. The molecule has 1 aromatic carbocycles. The van der Waals surface area contributed by atoms with Gasteiger partial charge in [-0.1, -0.05) is 11.6 Å². The van der Waals surface area contributed by atoms with Gasteiger partial charge in [-0.25, -0.2) is 0 Å². The lowest BCUT2D eigenvalue weighted by Gasteiger charge is -2.28. The highest BCUT2D eigenvalue weighted by atomic mass is 35.5. The zero-order valence-corrected chi connectivity index (χ0v) is 11.7. The molecule has 1 amide bonds. The fourth-order valence-corrected chi connectivity index (χ4v) is 1.77. The van der Waals surface area contributed by atoms with Crippen molar-refractivity contribution in [2.45, 2.75) is 26.4 Å². The van der Waals surface area contributed by atoms with Crippen LogP contribution >= 0.6 is 11.6 Å². The van der Waals surface area contributed by atoms with Crippen molar-refractivity contribution in [2.75, 3.05) is 18.8 Å². The first-order chi connectivity index (χ1) is 8.24. The maximum atomic E-state index is 12.2. The van der Waals surface area contributed by atoms with E-state index in [1.54, 1.807) is 36.9 Å². The van der Waals surface area contributed by atoms with E-state index in [9.17, 15) is 9.90 Å². The summed E-state index contributed by atoms with van der Waals surface area (Å²) in [5, 5.41) is 10.2. The summed E-state index contributed by atoms with van der Waals surface area (Å²) in [6.07, 6.45) is 0. The highest BCUT2D eigenvalue weighted by Gasteiger charge is 2.22. The van der Waals surface area contributed by atoms with Crippen LogP contribution in [0, 0.1) is 0 Å². The normalized spacial score (nSPS) is 11.4. The van der Waals surface area contributed by atoms with E-state index in [1.165, 1.54) is 0 Å². The van der Waals surface area contributed by atoms with E-state index in [1.807, 2.05) is 6.92 Å².